The molecule has 1 aliphatic rings. The number of hydrogen-bond acceptors (Lipinski definition) is 5. The van der Waals surface area contributed by atoms with E-state index in [1.807, 2.05) is 0 Å². The summed E-state index contributed by atoms with van der Waals surface area (Å²) in [4.78, 5) is 23.1. The maximum absolute atomic E-state index is 11.8. The Morgan fingerprint density at radius 1 is 1.09 bits per heavy atom. The molecule has 0 radical (unpaired) electrons. The van der Waals surface area contributed by atoms with Gasteiger partial charge in [-0.2, -0.15) is 10.2 Å². The molecule has 2 heterocycles. The molecule has 0 aromatic carbocycles. The summed E-state index contributed by atoms with van der Waals surface area (Å²) in [7, 11) is 1.64. The third-order valence-corrected chi connectivity index (χ3v) is 4.10. The summed E-state index contributed by atoms with van der Waals surface area (Å²) >= 11 is 0. The summed E-state index contributed by atoms with van der Waals surface area (Å²) in [6, 6.07) is 6.90. The van der Waals surface area contributed by atoms with E-state index in [9.17, 15) is 9.59 Å². The third kappa shape index (κ3) is 3.08. The third-order valence-electron chi connectivity index (χ3n) is 4.10. The molecule has 0 unspecified atom stereocenters. The molecule has 1 fully saturated rings. The summed E-state index contributed by atoms with van der Waals surface area (Å²) in [5, 5.41) is 11.7. The van der Waals surface area contributed by atoms with Crippen LogP contribution in [0.1, 0.15) is 31.7 Å². The molecular weight excluding hydrogens is 282 g/mol. The lowest BCUT2D eigenvalue weighted by Crippen LogP contribution is -2.33. The highest BCUT2D eigenvalue weighted by Crippen LogP contribution is 2.28. The minimum Gasteiger partial charge on any atom is -0.366 e. The van der Waals surface area contributed by atoms with Crippen molar-refractivity contribution in [3.05, 3.63) is 51.2 Å². The van der Waals surface area contributed by atoms with Crippen molar-refractivity contribution < 1.29 is 0 Å². The first kappa shape index (κ1) is 14.5. The Morgan fingerprint density at radius 2 is 1.86 bits per heavy atom. The van der Waals surface area contributed by atoms with Gasteiger partial charge >= 0.3 is 0 Å². The zero-order valence-corrected chi connectivity index (χ0v) is 12.5. The Hall–Kier alpha value is -2.44. The Kier molecular flexibility index (Phi) is 4.04. The van der Waals surface area contributed by atoms with Crippen LogP contribution < -0.4 is 16.4 Å². The molecule has 0 amide bonds. The van der Waals surface area contributed by atoms with Gasteiger partial charge in [-0.25, -0.2) is 9.36 Å². The smallest absolute Gasteiger partial charge is 0.266 e. The number of rotatable bonds is 3. The van der Waals surface area contributed by atoms with Crippen molar-refractivity contribution in [3.63, 3.8) is 0 Å². The average molecular weight is 301 g/mol. The number of nitrogens with one attached hydrogen (secondary N) is 1. The van der Waals surface area contributed by atoms with Crippen LogP contribution in [0.2, 0.25) is 0 Å². The van der Waals surface area contributed by atoms with Crippen LogP contribution in [-0.4, -0.2) is 25.6 Å². The fourth-order valence-electron chi connectivity index (χ4n) is 2.90. The predicted molar refractivity (Wildman–Crippen MR) is 82.9 cm³/mol. The lowest BCUT2D eigenvalue weighted by molar-refractivity contribution is 0.303. The van der Waals surface area contributed by atoms with Gasteiger partial charge in [-0.15, -0.1) is 0 Å². The molecule has 0 aliphatic heterocycles. The molecule has 3 rings (SSSR count). The van der Waals surface area contributed by atoms with Crippen molar-refractivity contribution in [3.8, 4) is 0 Å². The highest BCUT2D eigenvalue weighted by atomic mass is 16.1. The van der Waals surface area contributed by atoms with E-state index in [0.717, 1.165) is 25.7 Å². The van der Waals surface area contributed by atoms with Crippen LogP contribution in [0, 0.1) is 0 Å². The first-order valence-corrected chi connectivity index (χ1v) is 7.48. The van der Waals surface area contributed by atoms with Gasteiger partial charge in [-0.05, 0) is 37.8 Å². The van der Waals surface area contributed by atoms with Gasteiger partial charge in [0.05, 0.1) is 6.04 Å². The van der Waals surface area contributed by atoms with E-state index in [0.29, 0.717) is 11.9 Å². The Balaban J connectivity index is 1.62. The van der Waals surface area contributed by atoms with Gasteiger partial charge in [-0.3, -0.25) is 9.59 Å². The van der Waals surface area contributed by atoms with Crippen LogP contribution >= 0.6 is 0 Å². The molecule has 1 saturated carbocycles. The van der Waals surface area contributed by atoms with Crippen molar-refractivity contribution in [2.45, 2.75) is 37.8 Å². The molecule has 0 bridgehead atoms. The molecule has 0 atom stereocenters. The van der Waals surface area contributed by atoms with E-state index < -0.39 is 0 Å². The number of aromatic nitrogens is 4. The maximum atomic E-state index is 11.8. The number of aryl methyl sites for hydroxylation is 1. The average Bonchev–Trinajstić information content (AvgIpc) is 2.52. The highest BCUT2D eigenvalue weighted by Gasteiger charge is 2.23. The molecule has 22 heavy (non-hydrogen) atoms. The molecule has 0 spiro atoms. The summed E-state index contributed by atoms with van der Waals surface area (Å²) in [5.41, 5.74) is -0.164. The first-order chi connectivity index (χ1) is 10.6. The SMILES string of the molecule is Cn1nc(NC2CCC(n3ncccc3=O)CC2)ccc1=O. The summed E-state index contributed by atoms with van der Waals surface area (Å²) in [5.74, 6) is 0.709. The monoisotopic (exact) mass is 301 g/mol. The topological polar surface area (TPSA) is 81.8 Å². The van der Waals surface area contributed by atoms with Crippen LogP contribution in [0.25, 0.3) is 0 Å². The van der Waals surface area contributed by atoms with E-state index in [1.54, 1.807) is 36.1 Å². The second kappa shape index (κ2) is 6.13. The summed E-state index contributed by atoms with van der Waals surface area (Å²) < 4.78 is 2.90. The molecule has 7 heteroatoms. The van der Waals surface area contributed by atoms with Gasteiger partial charge in [-0.1, -0.05) is 0 Å². The van der Waals surface area contributed by atoms with Gasteiger partial charge in [0.1, 0.15) is 5.82 Å². The molecule has 116 valence electrons. The minimum atomic E-state index is -0.121. The number of hydrogen-bond donors (Lipinski definition) is 1. The zero-order chi connectivity index (χ0) is 15.5. The largest absolute Gasteiger partial charge is 0.366 e. The van der Waals surface area contributed by atoms with E-state index in [-0.39, 0.29) is 17.2 Å². The van der Waals surface area contributed by atoms with Crippen molar-refractivity contribution in [2.24, 2.45) is 7.05 Å². The maximum Gasteiger partial charge on any atom is 0.266 e. The van der Waals surface area contributed by atoms with E-state index >= 15 is 0 Å². The molecule has 7 nitrogen and oxygen atoms in total. The molecule has 1 aliphatic carbocycles. The van der Waals surface area contributed by atoms with E-state index in [2.05, 4.69) is 15.5 Å². The molecule has 0 saturated heterocycles. The normalized spacial score (nSPS) is 21.5. The fourth-order valence-corrected chi connectivity index (χ4v) is 2.90. The van der Waals surface area contributed by atoms with Gasteiger partial charge in [0.2, 0.25) is 0 Å². The lowest BCUT2D eigenvalue weighted by atomic mass is 9.91. The van der Waals surface area contributed by atoms with Gasteiger partial charge in [0.15, 0.2) is 0 Å². The van der Waals surface area contributed by atoms with Crippen LogP contribution in [0.3, 0.4) is 0 Å². The van der Waals surface area contributed by atoms with Crippen molar-refractivity contribution in [1.29, 1.82) is 0 Å². The second-order valence-electron chi connectivity index (χ2n) is 5.64. The zero-order valence-electron chi connectivity index (χ0n) is 12.5. The van der Waals surface area contributed by atoms with Gasteiger partial charge in [0.25, 0.3) is 11.1 Å². The van der Waals surface area contributed by atoms with Crippen LogP contribution in [0.4, 0.5) is 5.82 Å². The summed E-state index contributed by atoms with van der Waals surface area (Å²) in [6.45, 7) is 0. The van der Waals surface area contributed by atoms with Crippen molar-refractivity contribution >= 4 is 5.82 Å². The molecule has 2 aromatic heterocycles. The van der Waals surface area contributed by atoms with Crippen molar-refractivity contribution in [2.75, 3.05) is 5.32 Å². The van der Waals surface area contributed by atoms with Gasteiger partial charge in [0, 0.05) is 31.4 Å². The predicted octanol–water partition coefficient (Wildman–Crippen LogP) is 0.933. The molecule has 1 N–H and O–H groups in total. The first-order valence-electron chi connectivity index (χ1n) is 7.48. The number of nitrogens with zero attached hydrogens (tertiary/aromatic N) is 4. The van der Waals surface area contributed by atoms with Crippen LogP contribution in [-0.2, 0) is 7.05 Å². The summed E-state index contributed by atoms with van der Waals surface area (Å²) in [6.07, 6.45) is 5.34. The van der Waals surface area contributed by atoms with Gasteiger partial charge < -0.3 is 5.32 Å². The Bertz CT molecular complexity index is 759. The lowest BCUT2D eigenvalue weighted by Gasteiger charge is -2.29. The second-order valence-corrected chi connectivity index (χ2v) is 5.64. The number of anilines is 1. The van der Waals surface area contributed by atoms with Crippen LogP contribution in [0.15, 0.2) is 40.1 Å². The van der Waals surface area contributed by atoms with E-state index in [4.69, 9.17) is 0 Å². The Morgan fingerprint density at radius 3 is 2.55 bits per heavy atom. The molecular formula is C15H19N5O2. The Labute approximate surface area is 127 Å². The standard InChI is InChI=1S/C15H19N5O2/c1-19-14(21)9-8-13(18-19)17-11-4-6-12(7-5-11)20-15(22)3-2-10-16-20/h2-3,8-12H,4-7H2,1H3,(H,17,18). The van der Waals surface area contributed by atoms with Crippen LogP contribution in [0.5, 0.6) is 0 Å². The quantitative estimate of drug-likeness (QED) is 0.912. The fraction of sp³-hybridized carbons (Fsp3) is 0.467. The molecule has 2 aromatic rings. The minimum absolute atomic E-state index is 0.0429. The van der Waals surface area contributed by atoms with Crippen molar-refractivity contribution in [1.82, 2.24) is 19.6 Å². The van der Waals surface area contributed by atoms with E-state index in [1.165, 1.54) is 10.7 Å². The highest BCUT2D eigenvalue weighted by molar-refractivity contribution is 5.33.